The summed E-state index contributed by atoms with van der Waals surface area (Å²) in [6.07, 6.45) is 4.76. The first-order chi connectivity index (χ1) is 7.90. The van der Waals surface area contributed by atoms with Crippen molar-refractivity contribution in [3.8, 4) is 0 Å². The van der Waals surface area contributed by atoms with E-state index in [1.54, 1.807) is 29.1 Å². The van der Waals surface area contributed by atoms with Gasteiger partial charge in [-0.25, -0.2) is 4.79 Å². The molecule has 0 unspecified atom stereocenters. The Kier molecular flexibility index (Phi) is 6.54. The van der Waals surface area contributed by atoms with Gasteiger partial charge in [-0.2, -0.15) is 4.57 Å². The van der Waals surface area contributed by atoms with Crippen molar-refractivity contribution in [1.29, 1.82) is 0 Å². The zero-order valence-electron chi connectivity index (χ0n) is 10.6. The highest BCUT2D eigenvalue weighted by Gasteiger charge is 2.19. The number of pyridine rings is 1. The molecule has 0 aliphatic rings. The quantitative estimate of drug-likeness (QED) is 0.234. The molecule has 0 aromatic carbocycles. The third-order valence-corrected chi connectivity index (χ3v) is 1.86. The molecule has 0 atom stereocenters. The zero-order valence-corrected chi connectivity index (χ0v) is 12.2. The summed E-state index contributed by atoms with van der Waals surface area (Å²) >= 11 is 0. The van der Waals surface area contributed by atoms with Crippen molar-refractivity contribution in [2.45, 2.75) is 32.9 Å². The predicted octanol–water partition coefficient (Wildman–Crippen LogP) is -1.87. The number of aromatic nitrogens is 1. The fourth-order valence-corrected chi connectivity index (χ4v) is 1.25. The van der Waals surface area contributed by atoms with Crippen molar-refractivity contribution in [2.75, 3.05) is 0 Å². The van der Waals surface area contributed by atoms with Gasteiger partial charge in [0.15, 0.2) is 12.4 Å². The molecule has 6 heteroatoms. The third-order valence-electron chi connectivity index (χ3n) is 1.86. The van der Waals surface area contributed by atoms with Gasteiger partial charge < -0.3 is 26.9 Å². The van der Waals surface area contributed by atoms with Crippen molar-refractivity contribution in [3.05, 3.63) is 30.1 Å². The SMILES string of the molecule is CC(C)(C)OC(=O)C[n+]1ccc(/C=N/O)cc1.[Br-]. The van der Waals surface area contributed by atoms with E-state index in [-0.39, 0.29) is 29.5 Å². The summed E-state index contributed by atoms with van der Waals surface area (Å²) in [6.45, 7) is 5.65. The minimum atomic E-state index is -0.471. The molecule has 0 radical (unpaired) electrons. The van der Waals surface area contributed by atoms with Gasteiger partial charge in [-0.3, -0.25) is 0 Å². The van der Waals surface area contributed by atoms with E-state index < -0.39 is 5.60 Å². The maximum absolute atomic E-state index is 11.5. The molecule has 1 N–H and O–H groups in total. The summed E-state index contributed by atoms with van der Waals surface area (Å²) in [5.74, 6) is -0.286. The molecule has 0 aliphatic carbocycles. The van der Waals surface area contributed by atoms with Gasteiger partial charge in [0.25, 0.3) is 0 Å². The predicted molar refractivity (Wildman–Crippen MR) is 61.9 cm³/mol. The average molecular weight is 317 g/mol. The van der Waals surface area contributed by atoms with Crippen LogP contribution in [0.4, 0.5) is 0 Å². The minimum absolute atomic E-state index is 0. The summed E-state index contributed by atoms with van der Waals surface area (Å²) < 4.78 is 6.89. The van der Waals surface area contributed by atoms with Crippen LogP contribution in [-0.4, -0.2) is 23.0 Å². The van der Waals surface area contributed by atoms with E-state index in [0.717, 1.165) is 5.56 Å². The van der Waals surface area contributed by atoms with Crippen molar-refractivity contribution < 1.29 is 36.3 Å². The smallest absolute Gasteiger partial charge is 0.373 e. The number of ether oxygens (including phenoxy) is 1. The first-order valence-electron chi connectivity index (χ1n) is 5.29. The van der Waals surface area contributed by atoms with E-state index in [4.69, 9.17) is 9.94 Å². The summed E-state index contributed by atoms with van der Waals surface area (Å²) in [5, 5.41) is 11.3. The molecule has 0 spiro atoms. The third kappa shape index (κ3) is 6.34. The van der Waals surface area contributed by atoms with Crippen LogP contribution < -0.4 is 21.5 Å². The van der Waals surface area contributed by atoms with Crippen LogP contribution in [-0.2, 0) is 16.1 Å². The van der Waals surface area contributed by atoms with Crippen LogP contribution in [0.15, 0.2) is 29.7 Å². The van der Waals surface area contributed by atoms with E-state index in [9.17, 15) is 4.79 Å². The topological polar surface area (TPSA) is 62.8 Å². The molecule has 0 saturated carbocycles. The van der Waals surface area contributed by atoms with Crippen LogP contribution in [0, 0.1) is 0 Å². The van der Waals surface area contributed by atoms with Gasteiger partial charge >= 0.3 is 5.97 Å². The lowest BCUT2D eigenvalue weighted by atomic mass is 10.2. The lowest BCUT2D eigenvalue weighted by Gasteiger charge is -2.18. The number of hydrogen-bond donors (Lipinski definition) is 1. The van der Waals surface area contributed by atoms with Crippen LogP contribution in [0.2, 0.25) is 0 Å². The Morgan fingerprint density at radius 3 is 2.44 bits per heavy atom. The molecule has 18 heavy (non-hydrogen) atoms. The number of carbonyl (C=O) groups excluding carboxylic acids is 1. The molecule has 0 fully saturated rings. The molecule has 0 bridgehead atoms. The molecule has 0 saturated heterocycles. The number of rotatable bonds is 3. The second-order valence-corrected chi connectivity index (χ2v) is 4.63. The summed E-state index contributed by atoms with van der Waals surface area (Å²) in [6, 6.07) is 3.48. The molecule has 1 aromatic rings. The van der Waals surface area contributed by atoms with E-state index in [1.807, 2.05) is 20.8 Å². The Morgan fingerprint density at radius 1 is 1.44 bits per heavy atom. The maximum Gasteiger partial charge on any atom is 0.373 e. The first kappa shape index (κ1) is 16.6. The molecule has 0 aliphatic heterocycles. The van der Waals surface area contributed by atoms with Crippen LogP contribution in [0.5, 0.6) is 0 Å². The minimum Gasteiger partial charge on any atom is -1.00 e. The van der Waals surface area contributed by atoms with E-state index in [0.29, 0.717) is 0 Å². The summed E-state index contributed by atoms with van der Waals surface area (Å²) in [5.41, 5.74) is 0.286. The number of nitrogens with zero attached hydrogens (tertiary/aromatic N) is 2. The molecule has 5 nitrogen and oxygen atoms in total. The fourth-order valence-electron chi connectivity index (χ4n) is 1.25. The molecule has 1 aromatic heterocycles. The van der Waals surface area contributed by atoms with Crippen molar-refractivity contribution in [2.24, 2.45) is 5.16 Å². The molecule has 100 valence electrons. The Hall–Kier alpha value is -1.43. The normalized spacial score (nSPS) is 11.1. The van der Waals surface area contributed by atoms with Gasteiger partial charge in [-0.15, -0.1) is 0 Å². The van der Waals surface area contributed by atoms with Gasteiger partial charge in [-0.1, -0.05) is 5.16 Å². The highest BCUT2D eigenvalue weighted by molar-refractivity contribution is 5.78. The Labute approximate surface area is 117 Å². The second kappa shape index (κ2) is 7.10. The summed E-state index contributed by atoms with van der Waals surface area (Å²) in [7, 11) is 0. The highest BCUT2D eigenvalue weighted by Crippen LogP contribution is 2.06. The van der Waals surface area contributed by atoms with Gasteiger partial charge in [0.1, 0.15) is 5.60 Å². The first-order valence-corrected chi connectivity index (χ1v) is 5.29. The van der Waals surface area contributed by atoms with Crippen LogP contribution >= 0.6 is 0 Å². The van der Waals surface area contributed by atoms with E-state index >= 15 is 0 Å². The molecular weight excluding hydrogens is 300 g/mol. The van der Waals surface area contributed by atoms with Crippen LogP contribution in [0.3, 0.4) is 0 Å². The highest BCUT2D eigenvalue weighted by atomic mass is 79.9. The van der Waals surface area contributed by atoms with Gasteiger partial charge in [0.05, 0.1) is 6.21 Å². The number of halogens is 1. The molecule has 1 heterocycles. The van der Waals surface area contributed by atoms with Crippen molar-refractivity contribution in [3.63, 3.8) is 0 Å². The van der Waals surface area contributed by atoms with Crippen LogP contribution in [0.1, 0.15) is 26.3 Å². The summed E-state index contributed by atoms with van der Waals surface area (Å²) in [4.78, 5) is 11.5. The fraction of sp³-hybridized carbons (Fsp3) is 0.417. The number of oxime groups is 1. The Balaban J connectivity index is 0.00000289. The van der Waals surface area contributed by atoms with Crippen LogP contribution in [0.25, 0.3) is 0 Å². The van der Waals surface area contributed by atoms with E-state index in [1.165, 1.54) is 6.21 Å². The zero-order chi connectivity index (χ0) is 12.9. The Morgan fingerprint density at radius 2 is 2.00 bits per heavy atom. The van der Waals surface area contributed by atoms with E-state index in [2.05, 4.69) is 5.16 Å². The maximum atomic E-state index is 11.5. The van der Waals surface area contributed by atoms with Gasteiger partial charge in [-0.05, 0) is 20.8 Å². The average Bonchev–Trinajstić information content (AvgIpc) is 2.18. The standard InChI is InChI=1S/C12H16N2O3.BrH/c1-12(2,3)17-11(15)9-14-6-4-10(5-7-14)8-13-16;/h4-8H,9H2,1-3H3;1H. The monoisotopic (exact) mass is 316 g/mol. The Bertz CT molecular complexity index is 410. The second-order valence-electron chi connectivity index (χ2n) is 4.63. The van der Waals surface area contributed by atoms with Gasteiger partial charge in [0, 0.05) is 17.7 Å². The molecule has 0 amide bonds. The lowest BCUT2D eigenvalue weighted by Crippen LogP contribution is -3.00. The lowest BCUT2D eigenvalue weighted by molar-refractivity contribution is -0.686. The number of carbonyl (C=O) groups is 1. The molecular formula is C12H17BrN2O3. The van der Waals surface area contributed by atoms with Gasteiger partial charge in [0.2, 0.25) is 6.54 Å². The number of hydrogen-bond acceptors (Lipinski definition) is 4. The number of esters is 1. The molecule has 1 rings (SSSR count). The van der Waals surface area contributed by atoms with Crippen molar-refractivity contribution >= 4 is 12.2 Å². The largest absolute Gasteiger partial charge is 1.00 e. The van der Waals surface area contributed by atoms with Crippen molar-refractivity contribution in [1.82, 2.24) is 0 Å².